The van der Waals surface area contributed by atoms with Crippen LogP contribution in [0.5, 0.6) is 0 Å². The molecule has 1 aliphatic rings. The molecule has 3 rings (SSSR count). The van der Waals surface area contributed by atoms with Crippen LogP contribution in [-0.2, 0) is 6.54 Å². The van der Waals surface area contributed by atoms with Gasteiger partial charge in [0.1, 0.15) is 5.82 Å². The number of nitrogens with two attached hydrogens (primary N) is 1. The Kier molecular flexibility index (Phi) is 3.02. The number of anilines is 1. The van der Waals surface area contributed by atoms with Crippen molar-refractivity contribution in [2.75, 3.05) is 18.8 Å². The highest BCUT2D eigenvalue weighted by Gasteiger charge is 2.15. The zero-order valence-corrected chi connectivity index (χ0v) is 10.4. The first-order chi connectivity index (χ1) is 8.84. The van der Waals surface area contributed by atoms with E-state index in [0.29, 0.717) is 0 Å². The molecule has 1 aromatic carbocycles. The zero-order valence-electron chi connectivity index (χ0n) is 10.4. The summed E-state index contributed by atoms with van der Waals surface area (Å²) in [6.07, 6.45) is 4.49. The van der Waals surface area contributed by atoms with E-state index in [2.05, 4.69) is 10.00 Å². The third-order valence-corrected chi connectivity index (χ3v) is 3.48. The molecular formula is C14H18N4. The summed E-state index contributed by atoms with van der Waals surface area (Å²) < 4.78 is 1.81. The van der Waals surface area contributed by atoms with Gasteiger partial charge in [-0.05, 0) is 38.1 Å². The Labute approximate surface area is 107 Å². The van der Waals surface area contributed by atoms with Crippen LogP contribution in [0.1, 0.15) is 18.4 Å². The molecule has 0 unspecified atom stereocenters. The summed E-state index contributed by atoms with van der Waals surface area (Å²) in [5.41, 5.74) is 8.33. The number of nitrogen functional groups attached to an aromatic ring is 1. The van der Waals surface area contributed by atoms with Gasteiger partial charge in [-0.25, -0.2) is 4.68 Å². The van der Waals surface area contributed by atoms with Crippen molar-refractivity contribution in [3.05, 3.63) is 42.1 Å². The van der Waals surface area contributed by atoms with Crippen molar-refractivity contribution < 1.29 is 0 Å². The lowest BCUT2D eigenvalue weighted by Crippen LogP contribution is -2.19. The highest BCUT2D eigenvalue weighted by molar-refractivity contribution is 5.46. The van der Waals surface area contributed by atoms with Crippen LogP contribution in [0.25, 0.3) is 5.69 Å². The Morgan fingerprint density at radius 3 is 2.56 bits per heavy atom. The molecule has 4 heteroatoms. The van der Waals surface area contributed by atoms with Crippen molar-refractivity contribution >= 4 is 5.82 Å². The number of benzene rings is 1. The van der Waals surface area contributed by atoms with Crippen LogP contribution in [0.15, 0.2) is 36.5 Å². The second kappa shape index (κ2) is 4.82. The minimum atomic E-state index is 0.758. The number of rotatable bonds is 3. The van der Waals surface area contributed by atoms with Crippen molar-refractivity contribution in [2.24, 2.45) is 0 Å². The third kappa shape index (κ3) is 2.11. The molecule has 0 amide bonds. The number of nitrogens with zero attached hydrogens (tertiary/aromatic N) is 3. The zero-order chi connectivity index (χ0) is 12.4. The number of hydrogen-bond donors (Lipinski definition) is 1. The van der Waals surface area contributed by atoms with Gasteiger partial charge in [0.2, 0.25) is 0 Å². The van der Waals surface area contributed by atoms with Gasteiger partial charge >= 0.3 is 0 Å². The summed E-state index contributed by atoms with van der Waals surface area (Å²) in [5.74, 6) is 0.758. The summed E-state index contributed by atoms with van der Waals surface area (Å²) in [4.78, 5) is 2.43. The standard InChI is InChI=1S/C14H18N4/c15-14-12(11-17-8-4-5-9-17)10-16-18(14)13-6-2-1-3-7-13/h1-3,6-7,10H,4-5,8-9,11,15H2. The molecule has 0 atom stereocenters. The van der Waals surface area contributed by atoms with Gasteiger partial charge in [0.25, 0.3) is 0 Å². The number of para-hydroxylation sites is 1. The van der Waals surface area contributed by atoms with Crippen LogP contribution in [0.4, 0.5) is 5.82 Å². The third-order valence-electron chi connectivity index (χ3n) is 3.48. The highest BCUT2D eigenvalue weighted by Crippen LogP contribution is 2.20. The first kappa shape index (κ1) is 11.3. The molecule has 0 saturated carbocycles. The van der Waals surface area contributed by atoms with Crippen LogP contribution in [0.3, 0.4) is 0 Å². The van der Waals surface area contributed by atoms with Crippen molar-refractivity contribution in [3.63, 3.8) is 0 Å². The van der Waals surface area contributed by atoms with Crippen LogP contribution in [0, 0.1) is 0 Å². The normalized spacial score (nSPS) is 16.2. The van der Waals surface area contributed by atoms with Crippen molar-refractivity contribution in [3.8, 4) is 5.69 Å². The first-order valence-corrected chi connectivity index (χ1v) is 6.45. The summed E-state index contributed by atoms with van der Waals surface area (Å²) in [5, 5.41) is 4.39. The van der Waals surface area contributed by atoms with E-state index in [1.807, 2.05) is 41.2 Å². The van der Waals surface area contributed by atoms with Crippen molar-refractivity contribution in [1.29, 1.82) is 0 Å². The van der Waals surface area contributed by atoms with E-state index in [-0.39, 0.29) is 0 Å². The number of likely N-dealkylation sites (tertiary alicyclic amines) is 1. The molecule has 1 aromatic heterocycles. The molecule has 2 aromatic rings. The minimum absolute atomic E-state index is 0.758. The van der Waals surface area contributed by atoms with Gasteiger partial charge in [-0.15, -0.1) is 0 Å². The topological polar surface area (TPSA) is 47.1 Å². The quantitative estimate of drug-likeness (QED) is 0.896. The van der Waals surface area contributed by atoms with Crippen LogP contribution in [-0.4, -0.2) is 27.8 Å². The fourth-order valence-electron chi connectivity index (χ4n) is 2.47. The predicted octanol–water partition coefficient (Wildman–Crippen LogP) is 2.05. The number of hydrogen-bond acceptors (Lipinski definition) is 3. The molecule has 1 aliphatic heterocycles. The van der Waals surface area contributed by atoms with E-state index in [9.17, 15) is 0 Å². The molecule has 2 heterocycles. The molecule has 1 fully saturated rings. The van der Waals surface area contributed by atoms with E-state index in [0.717, 1.165) is 23.6 Å². The minimum Gasteiger partial charge on any atom is -0.383 e. The summed E-state index contributed by atoms with van der Waals surface area (Å²) >= 11 is 0. The Morgan fingerprint density at radius 2 is 1.83 bits per heavy atom. The lowest BCUT2D eigenvalue weighted by atomic mass is 10.3. The Balaban J connectivity index is 1.83. The SMILES string of the molecule is Nc1c(CN2CCCC2)cnn1-c1ccccc1. The molecule has 0 radical (unpaired) electrons. The smallest absolute Gasteiger partial charge is 0.131 e. The van der Waals surface area contributed by atoms with Gasteiger partial charge < -0.3 is 5.73 Å². The molecule has 94 valence electrons. The van der Waals surface area contributed by atoms with Crippen molar-refractivity contribution in [2.45, 2.75) is 19.4 Å². The Hall–Kier alpha value is -1.81. The average Bonchev–Trinajstić information content (AvgIpc) is 3.03. The molecular weight excluding hydrogens is 224 g/mol. The Bertz CT molecular complexity index is 512. The van der Waals surface area contributed by atoms with Crippen LogP contribution < -0.4 is 5.73 Å². The number of aromatic nitrogens is 2. The monoisotopic (exact) mass is 242 g/mol. The van der Waals surface area contributed by atoms with E-state index in [4.69, 9.17) is 5.73 Å². The van der Waals surface area contributed by atoms with E-state index < -0.39 is 0 Å². The van der Waals surface area contributed by atoms with E-state index >= 15 is 0 Å². The maximum Gasteiger partial charge on any atom is 0.131 e. The van der Waals surface area contributed by atoms with E-state index in [1.165, 1.54) is 25.9 Å². The predicted molar refractivity (Wildman–Crippen MR) is 72.5 cm³/mol. The Morgan fingerprint density at radius 1 is 1.11 bits per heavy atom. The van der Waals surface area contributed by atoms with Gasteiger partial charge in [-0.1, -0.05) is 18.2 Å². The second-order valence-corrected chi connectivity index (χ2v) is 4.79. The lowest BCUT2D eigenvalue weighted by molar-refractivity contribution is 0.332. The molecule has 4 nitrogen and oxygen atoms in total. The van der Waals surface area contributed by atoms with Gasteiger partial charge in [-0.2, -0.15) is 5.10 Å². The summed E-state index contributed by atoms with van der Waals surface area (Å²) in [6.45, 7) is 3.27. The second-order valence-electron chi connectivity index (χ2n) is 4.79. The molecule has 0 spiro atoms. The highest BCUT2D eigenvalue weighted by atomic mass is 15.3. The fraction of sp³-hybridized carbons (Fsp3) is 0.357. The van der Waals surface area contributed by atoms with Gasteiger partial charge in [-0.3, -0.25) is 4.90 Å². The first-order valence-electron chi connectivity index (χ1n) is 6.45. The van der Waals surface area contributed by atoms with Crippen molar-refractivity contribution in [1.82, 2.24) is 14.7 Å². The van der Waals surface area contributed by atoms with Gasteiger partial charge in [0, 0.05) is 12.1 Å². The summed E-state index contributed by atoms with van der Waals surface area (Å²) in [7, 11) is 0. The van der Waals surface area contributed by atoms with Crippen LogP contribution >= 0.6 is 0 Å². The average molecular weight is 242 g/mol. The summed E-state index contributed by atoms with van der Waals surface area (Å²) in [6, 6.07) is 10.0. The lowest BCUT2D eigenvalue weighted by Gasteiger charge is -2.13. The van der Waals surface area contributed by atoms with E-state index in [1.54, 1.807) is 0 Å². The molecule has 0 aliphatic carbocycles. The maximum absolute atomic E-state index is 6.19. The molecule has 1 saturated heterocycles. The maximum atomic E-state index is 6.19. The molecule has 2 N–H and O–H groups in total. The largest absolute Gasteiger partial charge is 0.383 e. The van der Waals surface area contributed by atoms with Gasteiger partial charge in [0.15, 0.2) is 0 Å². The molecule has 0 bridgehead atoms. The van der Waals surface area contributed by atoms with Gasteiger partial charge in [0.05, 0.1) is 11.9 Å². The fourth-order valence-corrected chi connectivity index (χ4v) is 2.47. The van der Waals surface area contributed by atoms with Crippen LogP contribution in [0.2, 0.25) is 0 Å². The molecule has 18 heavy (non-hydrogen) atoms.